The van der Waals surface area contributed by atoms with Crippen molar-refractivity contribution in [3.8, 4) is 0 Å². The van der Waals surface area contributed by atoms with Gasteiger partial charge in [-0.25, -0.2) is 13.6 Å². The molecule has 1 aliphatic heterocycles. The average molecular weight is 544 g/mol. The third-order valence-electron chi connectivity index (χ3n) is 5.51. The Hall–Kier alpha value is -3.96. The van der Waals surface area contributed by atoms with Gasteiger partial charge in [-0.3, -0.25) is 4.99 Å². The van der Waals surface area contributed by atoms with E-state index >= 15 is 0 Å². The molecule has 0 unspecified atom stereocenters. The van der Waals surface area contributed by atoms with E-state index in [9.17, 15) is 35.1 Å². The number of carboxylic acid groups (broad SMARTS) is 1. The Kier molecular flexibility index (Phi) is 8.74. The first-order chi connectivity index (χ1) is 17.7. The molecule has 0 aromatic heterocycles. The molecule has 0 saturated carbocycles. The normalized spacial score (nSPS) is 17.2. The van der Waals surface area contributed by atoms with Gasteiger partial charge < -0.3 is 10.4 Å². The fourth-order valence-corrected chi connectivity index (χ4v) is 3.72. The highest BCUT2D eigenvalue weighted by atomic mass is 19.4. The SMILES string of the molecule is Fc1cccc([C@H]2N=C(CCc3ccc(C(F)(F)F)cc3)N[C@H]2c2cccc(F)c2)c1.O=C(O)C(F)(F)F. The number of hydrogen-bond acceptors (Lipinski definition) is 3. The quantitative estimate of drug-likeness (QED) is 0.339. The number of carboxylic acids is 1. The van der Waals surface area contributed by atoms with E-state index < -0.39 is 29.9 Å². The summed E-state index contributed by atoms with van der Waals surface area (Å²) >= 11 is 0. The molecule has 0 bridgehead atoms. The standard InChI is InChI=1S/C24H19F5N2.C2HF3O2/c25-19-5-1-3-16(13-19)22-23(17-4-2-6-20(26)14-17)31-21(30-22)12-9-15-7-10-18(11-8-15)24(27,28)29;3-2(4,5)1(6)7/h1-8,10-11,13-14,22-23H,9,12H2,(H,30,31);(H,6,7)/t22-,23+;. The number of alkyl halides is 6. The molecule has 1 heterocycles. The van der Waals surface area contributed by atoms with Crippen LogP contribution in [0.25, 0.3) is 0 Å². The highest BCUT2D eigenvalue weighted by Gasteiger charge is 2.38. The van der Waals surface area contributed by atoms with Crippen LogP contribution in [0.2, 0.25) is 0 Å². The Morgan fingerprint density at radius 2 is 1.34 bits per heavy atom. The maximum atomic E-state index is 13.8. The Morgan fingerprint density at radius 3 is 1.84 bits per heavy atom. The number of benzene rings is 3. The Labute approximate surface area is 211 Å². The lowest BCUT2D eigenvalue weighted by Gasteiger charge is -2.20. The van der Waals surface area contributed by atoms with Crippen LogP contribution in [-0.2, 0) is 17.4 Å². The van der Waals surface area contributed by atoms with Crippen molar-refractivity contribution < 1.29 is 45.0 Å². The van der Waals surface area contributed by atoms with E-state index in [1.54, 1.807) is 24.3 Å². The molecule has 0 spiro atoms. The number of nitrogens with one attached hydrogen (secondary N) is 1. The molecule has 1 aliphatic rings. The number of aliphatic carboxylic acids is 1. The van der Waals surface area contributed by atoms with Crippen molar-refractivity contribution in [2.24, 2.45) is 4.99 Å². The van der Waals surface area contributed by atoms with Gasteiger partial charge in [-0.15, -0.1) is 0 Å². The van der Waals surface area contributed by atoms with Crippen molar-refractivity contribution in [1.29, 1.82) is 0 Å². The molecule has 2 N–H and O–H groups in total. The van der Waals surface area contributed by atoms with Gasteiger partial charge in [0.15, 0.2) is 0 Å². The zero-order chi connectivity index (χ0) is 28.1. The number of amidine groups is 1. The number of rotatable bonds is 5. The molecule has 0 saturated heterocycles. The molecular weight excluding hydrogens is 524 g/mol. The maximum Gasteiger partial charge on any atom is 0.490 e. The van der Waals surface area contributed by atoms with Gasteiger partial charge in [-0.05, 0) is 59.5 Å². The molecule has 2 atom stereocenters. The third kappa shape index (κ3) is 7.77. The molecule has 3 aromatic carbocycles. The average Bonchev–Trinajstić information content (AvgIpc) is 3.27. The summed E-state index contributed by atoms with van der Waals surface area (Å²) in [5.41, 5.74) is 1.40. The molecule has 38 heavy (non-hydrogen) atoms. The second-order valence-electron chi connectivity index (χ2n) is 8.25. The summed E-state index contributed by atoms with van der Waals surface area (Å²) in [5.74, 6) is -2.88. The summed E-state index contributed by atoms with van der Waals surface area (Å²) in [4.78, 5) is 13.6. The van der Waals surface area contributed by atoms with E-state index in [-0.39, 0.29) is 17.7 Å². The number of aliphatic imine (C=N–C) groups is 1. The van der Waals surface area contributed by atoms with Crippen LogP contribution in [0.5, 0.6) is 0 Å². The number of halogens is 8. The fraction of sp³-hybridized carbons (Fsp3) is 0.231. The maximum absolute atomic E-state index is 13.8. The predicted molar refractivity (Wildman–Crippen MR) is 122 cm³/mol. The first-order valence-electron chi connectivity index (χ1n) is 11.0. The Balaban J connectivity index is 0.000000505. The highest BCUT2D eigenvalue weighted by molar-refractivity contribution is 5.85. The minimum Gasteiger partial charge on any atom is -0.475 e. The highest BCUT2D eigenvalue weighted by Crippen LogP contribution is 2.37. The largest absolute Gasteiger partial charge is 0.490 e. The van der Waals surface area contributed by atoms with Crippen LogP contribution in [0.3, 0.4) is 0 Å². The van der Waals surface area contributed by atoms with E-state index in [2.05, 4.69) is 5.32 Å². The third-order valence-corrected chi connectivity index (χ3v) is 5.51. The van der Waals surface area contributed by atoms with Gasteiger partial charge >= 0.3 is 18.3 Å². The van der Waals surface area contributed by atoms with E-state index in [1.807, 2.05) is 0 Å². The summed E-state index contributed by atoms with van der Waals surface area (Å²) in [5, 5.41) is 10.4. The lowest BCUT2D eigenvalue weighted by molar-refractivity contribution is -0.192. The van der Waals surface area contributed by atoms with Crippen molar-refractivity contribution in [2.45, 2.75) is 37.3 Å². The summed E-state index contributed by atoms with van der Waals surface area (Å²) in [6.07, 6.45) is -8.51. The second kappa shape index (κ2) is 11.6. The van der Waals surface area contributed by atoms with Gasteiger partial charge in [0, 0.05) is 6.42 Å². The molecule has 0 radical (unpaired) electrons. The van der Waals surface area contributed by atoms with Gasteiger partial charge in [0.05, 0.1) is 17.4 Å². The topological polar surface area (TPSA) is 61.7 Å². The lowest BCUT2D eigenvalue weighted by Crippen LogP contribution is -2.24. The van der Waals surface area contributed by atoms with E-state index in [0.717, 1.165) is 17.7 Å². The number of carbonyl (C=O) groups is 1. The summed E-state index contributed by atoms with van der Waals surface area (Å²) in [6.45, 7) is 0. The van der Waals surface area contributed by atoms with Crippen molar-refractivity contribution in [1.82, 2.24) is 5.32 Å². The molecule has 4 nitrogen and oxygen atoms in total. The van der Waals surface area contributed by atoms with Crippen LogP contribution in [0, 0.1) is 11.6 Å². The summed E-state index contributed by atoms with van der Waals surface area (Å²) in [6, 6.07) is 16.5. The van der Waals surface area contributed by atoms with Crippen molar-refractivity contribution in [2.75, 3.05) is 0 Å². The molecule has 202 valence electrons. The first kappa shape index (κ1) is 28.6. The zero-order valence-electron chi connectivity index (χ0n) is 19.3. The minimum absolute atomic E-state index is 0.375. The predicted octanol–water partition coefficient (Wildman–Crippen LogP) is 7.03. The Bertz CT molecular complexity index is 1290. The van der Waals surface area contributed by atoms with Crippen LogP contribution in [0.4, 0.5) is 35.1 Å². The monoisotopic (exact) mass is 544 g/mol. The number of hydrogen-bond donors (Lipinski definition) is 2. The molecule has 0 amide bonds. The van der Waals surface area contributed by atoms with E-state index in [1.165, 1.54) is 36.4 Å². The lowest BCUT2D eigenvalue weighted by atomic mass is 9.95. The van der Waals surface area contributed by atoms with Crippen LogP contribution in [0.15, 0.2) is 77.8 Å². The van der Waals surface area contributed by atoms with Crippen molar-refractivity contribution in [3.63, 3.8) is 0 Å². The second-order valence-corrected chi connectivity index (χ2v) is 8.25. The first-order valence-corrected chi connectivity index (χ1v) is 11.0. The Morgan fingerprint density at radius 1 is 0.816 bits per heavy atom. The number of aryl methyl sites for hydroxylation is 1. The van der Waals surface area contributed by atoms with Crippen LogP contribution in [0.1, 0.15) is 40.8 Å². The van der Waals surface area contributed by atoms with Gasteiger partial charge in [0.2, 0.25) is 0 Å². The van der Waals surface area contributed by atoms with Gasteiger partial charge in [0.1, 0.15) is 17.7 Å². The minimum atomic E-state index is -5.08. The molecular formula is C26H20F8N2O2. The summed E-state index contributed by atoms with van der Waals surface area (Å²) in [7, 11) is 0. The fourth-order valence-electron chi connectivity index (χ4n) is 3.72. The zero-order valence-corrected chi connectivity index (χ0v) is 19.3. The van der Waals surface area contributed by atoms with Crippen LogP contribution < -0.4 is 5.32 Å². The molecule has 0 fully saturated rings. The van der Waals surface area contributed by atoms with Crippen molar-refractivity contribution in [3.05, 3.63) is 107 Å². The van der Waals surface area contributed by atoms with Gasteiger partial charge in [-0.1, -0.05) is 36.4 Å². The number of nitrogens with zero attached hydrogens (tertiary/aromatic N) is 1. The molecule has 4 rings (SSSR count). The van der Waals surface area contributed by atoms with Crippen LogP contribution in [-0.4, -0.2) is 23.1 Å². The molecule has 12 heteroatoms. The van der Waals surface area contributed by atoms with Crippen LogP contribution >= 0.6 is 0 Å². The molecule has 3 aromatic rings. The van der Waals surface area contributed by atoms with Gasteiger partial charge in [-0.2, -0.15) is 26.3 Å². The van der Waals surface area contributed by atoms with E-state index in [0.29, 0.717) is 29.8 Å². The smallest absolute Gasteiger partial charge is 0.475 e. The van der Waals surface area contributed by atoms with Gasteiger partial charge in [0.25, 0.3) is 0 Å². The summed E-state index contributed by atoms with van der Waals surface area (Å²) < 4.78 is 97.5. The van der Waals surface area contributed by atoms with Crippen molar-refractivity contribution >= 4 is 11.8 Å². The van der Waals surface area contributed by atoms with E-state index in [4.69, 9.17) is 14.9 Å². The molecule has 0 aliphatic carbocycles.